The third kappa shape index (κ3) is 2.93. The molecule has 0 saturated heterocycles. The van der Waals surface area contributed by atoms with Crippen LogP contribution in [0.5, 0.6) is 0 Å². The van der Waals surface area contributed by atoms with Crippen LogP contribution in [-0.2, 0) is 14.3 Å². The zero-order chi connectivity index (χ0) is 10.4. The summed E-state index contributed by atoms with van der Waals surface area (Å²) >= 11 is 0. The predicted octanol–water partition coefficient (Wildman–Crippen LogP) is -0.690. The molecule has 78 valence electrons. The number of hydrogen-bond acceptors (Lipinski definition) is 4. The predicted molar refractivity (Wildman–Crippen MR) is 48.4 cm³/mol. The van der Waals surface area contributed by atoms with Crippen LogP contribution in [0, 0.1) is 0 Å². The Labute approximate surface area is 82.0 Å². The fourth-order valence-corrected chi connectivity index (χ4v) is 1.08. The summed E-state index contributed by atoms with van der Waals surface area (Å²) in [5.74, 6) is -0.582. The van der Waals surface area contributed by atoms with E-state index in [4.69, 9.17) is 9.84 Å². The second kappa shape index (κ2) is 5.51. The van der Waals surface area contributed by atoms with Gasteiger partial charge in [0, 0.05) is 25.4 Å². The van der Waals surface area contributed by atoms with Crippen molar-refractivity contribution in [2.75, 3.05) is 26.4 Å². The van der Waals surface area contributed by atoms with Gasteiger partial charge in [-0.3, -0.25) is 14.5 Å². The number of ether oxygens (including phenoxy) is 1. The first-order chi connectivity index (χ1) is 6.75. The molecule has 0 aromatic heterocycles. The van der Waals surface area contributed by atoms with E-state index in [1.54, 1.807) is 0 Å². The summed E-state index contributed by atoms with van der Waals surface area (Å²) in [6.07, 6.45) is 3.06. The highest BCUT2D eigenvalue weighted by atomic mass is 16.5. The van der Waals surface area contributed by atoms with Gasteiger partial charge in [0.15, 0.2) is 0 Å². The normalized spacial score (nSPS) is 15.6. The second-order valence-corrected chi connectivity index (χ2v) is 2.85. The minimum absolute atomic E-state index is 0.0864. The summed E-state index contributed by atoms with van der Waals surface area (Å²) in [5, 5.41) is 8.45. The number of rotatable bonds is 6. The smallest absolute Gasteiger partial charge is 0.253 e. The standard InChI is InChI=1S/C9H13NO4/c11-5-1-6-14-7-4-10-8(12)2-3-9(10)13/h2-3,11H,1,4-7H2. The SMILES string of the molecule is O=C1C=CC(=O)N1CCOCCCO. The van der Waals surface area contributed by atoms with Gasteiger partial charge in [-0.1, -0.05) is 0 Å². The van der Waals surface area contributed by atoms with Crippen molar-refractivity contribution in [3.63, 3.8) is 0 Å². The monoisotopic (exact) mass is 199 g/mol. The van der Waals surface area contributed by atoms with E-state index < -0.39 is 0 Å². The number of imide groups is 1. The first-order valence-electron chi connectivity index (χ1n) is 4.48. The van der Waals surface area contributed by atoms with Crippen molar-refractivity contribution in [2.45, 2.75) is 6.42 Å². The molecule has 14 heavy (non-hydrogen) atoms. The second-order valence-electron chi connectivity index (χ2n) is 2.85. The first-order valence-corrected chi connectivity index (χ1v) is 4.48. The van der Waals surface area contributed by atoms with Crippen LogP contribution in [0.15, 0.2) is 12.2 Å². The van der Waals surface area contributed by atoms with E-state index in [0.29, 0.717) is 19.6 Å². The van der Waals surface area contributed by atoms with Crippen LogP contribution in [0.2, 0.25) is 0 Å². The Hall–Kier alpha value is -1.20. The summed E-state index contributed by atoms with van der Waals surface area (Å²) in [6.45, 7) is 1.12. The van der Waals surface area contributed by atoms with Crippen molar-refractivity contribution in [3.05, 3.63) is 12.2 Å². The maximum absolute atomic E-state index is 11.0. The van der Waals surface area contributed by atoms with Crippen LogP contribution in [-0.4, -0.2) is 48.2 Å². The lowest BCUT2D eigenvalue weighted by Gasteiger charge is -2.13. The topological polar surface area (TPSA) is 66.8 Å². The highest BCUT2D eigenvalue weighted by molar-refractivity contribution is 6.12. The molecule has 1 heterocycles. The van der Waals surface area contributed by atoms with Gasteiger partial charge in [-0.15, -0.1) is 0 Å². The molecule has 5 nitrogen and oxygen atoms in total. The van der Waals surface area contributed by atoms with Crippen molar-refractivity contribution in [1.82, 2.24) is 4.90 Å². The Bertz CT molecular complexity index is 231. The van der Waals surface area contributed by atoms with Crippen molar-refractivity contribution in [1.29, 1.82) is 0 Å². The van der Waals surface area contributed by atoms with E-state index in [0.717, 1.165) is 4.90 Å². The number of carbonyl (C=O) groups is 2. The highest BCUT2D eigenvalue weighted by Gasteiger charge is 2.22. The van der Waals surface area contributed by atoms with Crippen LogP contribution in [0.1, 0.15) is 6.42 Å². The summed E-state index contributed by atoms with van der Waals surface area (Å²) < 4.78 is 5.10. The van der Waals surface area contributed by atoms with Crippen LogP contribution >= 0.6 is 0 Å². The fraction of sp³-hybridized carbons (Fsp3) is 0.556. The summed E-state index contributed by atoms with van der Waals surface area (Å²) in [6, 6.07) is 0. The van der Waals surface area contributed by atoms with E-state index in [1.165, 1.54) is 12.2 Å². The van der Waals surface area contributed by atoms with Gasteiger partial charge in [-0.05, 0) is 6.42 Å². The average molecular weight is 199 g/mol. The van der Waals surface area contributed by atoms with Crippen LogP contribution in [0.3, 0.4) is 0 Å². The molecular formula is C9H13NO4. The lowest BCUT2D eigenvalue weighted by atomic mass is 10.5. The molecule has 0 aromatic rings. The number of hydrogen-bond donors (Lipinski definition) is 1. The van der Waals surface area contributed by atoms with E-state index in [-0.39, 0.29) is 25.0 Å². The van der Waals surface area contributed by atoms with E-state index in [9.17, 15) is 9.59 Å². The molecule has 0 unspecified atom stereocenters. The van der Waals surface area contributed by atoms with Gasteiger partial charge in [-0.2, -0.15) is 0 Å². The van der Waals surface area contributed by atoms with Gasteiger partial charge < -0.3 is 9.84 Å². The Morgan fingerprint density at radius 1 is 1.21 bits per heavy atom. The van der Waals surface area contributed by atoms with Crippen LogP contribution in [0.4, 0.5) is 0 Å². The maximum atomic E-state index is 11.0. The molecule has 5 heteroatoms. The molecule has 1 rings (SSSR count). The molecule has 0 saturated carbocycles. The Morgan fingerprint density at radius 3 is 2.43 bits per heavy atom. The number of aliphatic hydroxyl groups excluding tert-OH is 1. The number of aliphatic hydroxyl groups is 1. The average Bonchev–Trinajstić information content (AvgIpc) is 2.48. The summed E-state index contributed by atoms with van der Waals surface area (Å²) in [7, 11) is 0. The van der Waals surface area contributed by atoms with Crippen molar-refractivity contribution in [3.8, 4) is 0 Å². The van der Waals surface area contributed by atoms with E-state index in [2.05, 4.69) is 0 Å². The molecule has 1 aliphatic heterocycles. The first kappa shape index (κ1) is 10.9. The number of amides is 2. The number of carbonyl (C=O) groups excluding carboxylic acids is 2. The van der Waals surface area contributed by atoms with Gasteiger partial charge in [0.2, 0.25) is 0 Å². The molecule has 0 atom stereocenters. The lowest BCUT2D eigenvalue weighted by Crippen LogP contribution is -2.33. The molecule has 0 radical (unpaired) electrons. The third-order valence-electron chi connectivity index (χ3n) is 1.81. The summed E-state index contributed by atoms with van der Waals surface area (Å²) in [4.78, 5) is 23.2. The molecule has 1 N–H and O–H groups in total. The molecule has 0 bridgehead atoms. The Balaban J connectivity index is 2.13. The van der Waals surface area contributed by atoms with E-state index >= 15 is 0 Å². The molecule has 0 aliphatic carbocycles. The van der Waals surface area contributed by atoms with Gasteiger partial charge in [0.1, 0.15) is 0 Å². The highest BCUT2D eigenvalue weighted by Crippen LogP contribution is 2.02. The molecule has 1 aliphatic rings. The number of nitrogens with zero attached hydrogens (tertiary/aromatic N) is 1. The van der Waals surface area contributed by atoms with E-state index in [1.807, 2.05) is 0 Å². The Kier molecular flexibility index (Phi) is 4.28. The quantitative estimate of drug-likeness (QED) is 0.454. The molecule has 2 amide bonds. The van der Waals surface area contributed by atoms with Crippen LogP contribution < -0.4 is 0 Å². The minimum Gasteiger partial charge on any atom is -0.396 e. The van der Waals surface area contributed by atoms with Crippen LogP contribution in [0.25, 0.3) is 0 Å². The zero-order valence-corrected chi connectivity index (χ0v) is 7.81. The van der Waals surface area contributed by atoms with Gasteiger partial charge in [-0.25, -0.2) is 0 Å². The largest absolute Gasteiger partial charge is 0.396 e. The molecule has 0 spiro atoms. The fourth-order valence-electron chi connectivity index (χ4n) is 1.08. The maximum Gasteiger partial charge on any atom is 0.253 e. The van der Waals surface area contributed by atoms with Crippen molar-refractivity contribution in [2.24, 2.45) is 0 Å². The summed E-state index contributed by atoms with van der Waals surface area (Å²) in [5.41, 5.74) is 0. The zero-order valence-electron chi connectivity index (χ0n) is 7.81. The van der Waals surface area contributed by atoms with Gasteiger partial charge in [0.05, 0.1) is 13.2 Å². The van der Waals surface area contributed by atoms with Gasteiger partial charge >= 0.3 is 0 Å². The third-order valence-corrected chi connectivity index (χ3v) is 1.81. The molecule has 0 fully saturated rings. The molecular weight excluding hydrogens is 186 g/mol. The van der Waals surface area contributed by atoms with Crippen molar-refractivity contribution < 1.29 is 19.4 Å². The Morgan fingerprint density at radius 2 is 1.86 bits per heavy atom. The van der Waals surface area contributed by atoms with Gasteiger partial charge in [0.25, 0.3) is 11.8 Å². The van der Waals surface area contributed by atoms with Crippen molar-refractivity contribution >= 4 is 11.8 Å². The minimum atomic E-state index is -0.291. The lowest BCUT2D eigenvalue weighted by molar-refractivity contribution is -0.137. The molecule has 0 aromatic carbocycles.